The zero-order valence-corrected chi connectivity index (χ0v) is 11.3. The number of imide groups is 1. The molecule has 2 aromatic rings. The summed E-state index contributed by atoms with van der Waals surface area (Å²) in [4.78, 5) is 35.9. The Balaban J connectivity index is 2.10. The van der Waals surface area contributed by atoms with Crippen molar-refractivity contribution < 1.29 is 24.6 Å². The Labute approximate surface area is 124 Å². The van der Waals surface area contributed by atoms with Crippen LogP contribution < -0.4 is 5.43 Å². The van der Waals surface area contributed by atoms with E-state index >= 15 is 0 Å². The summed E-state index contributed by atoms with van der Waals surface area (Å²) in [5, 5.41) is 20.0. The fraction of sp³-hybridized carbons (Fsp3) is 0.133. The molecule has 3 N–H and O–H groups in total. The van der Waals surface area contributed by atoms with E-state index in [2.05, 4.69) is 5.43 Å². The van der Waals surface area contributed by atoms with Crippen molar-refractivity contribution in [1.82, 2.24) is 10.4 Å². The van der Waals surface area contributed by atoms with E-state index in [0.717, 1.165) is 5.39 Å². The van der Waals surface area contributed by atoms with E-state index in [0.29, 0.717) is 21.5 Å². The summed E-state index contributed by atoms with van der Waals surface area (Å²) in [5.41, 5.74) is 2.89. The van der Waals surface area contributed by atoms with Crippen molar-refractivity contribution in [3.8, 4) is 0 Å². The van der Waals surface area contributed by atoms with E-state index in [1.54, 1.807) is 36.4 Å². The lowest BCUT2D eigenvalue weighted by Gasteiger charge is -2.29. The number of nitrogens with zero attached hydrogens (tertiary/aromatic N) is 1. The normalized spacial score (nSPS) is 15.2. The molecule has 0 aliphatic carbocycles. The average Bonchev–Trinajstić information content (AvgIpc) is 2.52. The third-order valence-electron chi connectivity index (χ3n) is 3.54. The van der Waals surface area contributed by atoms with Crippen LogP contribution in [-0.4, -0.2) is 45.7 Å². The lowest BCUT2D eigenvalue weighted by molar-refractivity contribution is -0.141. The molecule has 7 nitrogen and oxygen atoms in total. The van der Waals surface area contributed by atoms with Gasteiger partial charge in [-0.15, -0.1) is 0 Å². The van der Waals surface area contributed by atoms with Crippen molar-refractivity contribution in [1.29, 1.82) is 0 Å². The number of hydrogen-bond acceptors (Lipinski definition) is 5. The summed E-state index contributed by atoms with van der Waals surface area (Å²) in [6.07, 6.45) is 0. The second kappa shape index (κ2) is 5.21. The molecule has 7 heteroatoms. The Kier molecular flexibility index (Phi) is 3.36. The molecular formula is C15H12N2O5. The van der Waals surface area contributed by atoms with E-state index in [4.69, 9.17) is 10.2 Å². The lowest BCUT2D eigenvalue weighted by atomic mass is 9.95. The van der Waals surface area contributed by atoms with Crippen molar-refractivity contribution in [2.24, 2.45) is 0 Å². The van der Waals surface area contributed by atoms with Crippen LogP contribution in [0.15, 0.2) is 36.4 Å². The quantitative estimate of drug-likeness (QED) is 0.705. The fourth-order valence-corrected chi connectivity index (χ4v) is 2.48. The smallest absolute Gasteiger partial charge is 0.324 e. The maximum absolute atomic E-state index is 12.5. The lowest BCUT2D eigenvalue weighted by Crippen LogP contribution is -2.56. The molecular weight excluding hydrogens is 288 g/mol. The Hall–Kier alpha value is -2.77. The summed E-state index contributed by atoms with van der Waals surface area (Å²) < 4.78 is 0. The summed E-state index contributed by atoms with van der Waals surface area (Å²) in [6, 6.07) is 8.66. The second-order valence-corrected chi connectivity index (χ2v) is 4.86. The topological polar surface area (TPSA) is 107 Å². The molecule has 3 rings (SSSR count). The van der Waals surface area contributed by atoms with Gasteiger partial charge in [0, 0.05) is 5.39 Å². The first-order valence-corrected chi connectivity index (χ1v) is 6.55. The number of aliphatic hydroxyl groups is 1. The number of hydrazine groups is 1. The minimum atomic E-state index is -1.45. The zero-order chi connectivity index (χ0) is 15.9. The molecule has 22 heavy (non-hydrogen) atoms. The van der Waals surface area contributed by atoms with Crippen LogP contribution >= 0.6 is 0 Å². The number of amides is 2. The molecule has 2 aromatic carbocycles. The molecule has 1 unspecified atom stereocenters. The predicted molar refractivity (Wildman–Crippen MR) is 76.1 cm³/mol. The van der Waals surface area contributed by atoms with Crippen molar-refractivity contribution >= 4 is 28.6 Å². The van der Waals surface area contributed by atoms with Crippen LogP contribution in [0, 0.1) is 0 Å². The van der Waals surface area contributed by atoms with Crippen molar-refractivity contribution in [2.75, 3.05) is 6.61 Å². The molecule has 1 heterocycles. The number of carboxylic acids is 1. The molecule has 0 spiro atoms. The van der Waals surface area contributed by atoms with Gasteiger partial charge in [0.25, 0.3) is 11.8 Å². The molecule has 0 fully saturated rings. The number of carbonyl (C=O) groups excluding carboxylic acids is 2. The van der Waals surface area contributed by atoms with Crippen LogP contribution in [0.2, 0.25) is 0 Å². The van der Waals surface area contributed by atoms with Gasteiger partial charge in [-0.1, -0.05) is 24.3 Å². The summed E-state index contributed by atoms with van der Waals surface area (Å²) >= 11 is 0. The van der Waals surface area contributed by atoms with Crippen LogP contribution in [0.3, 0.4) is 0 Å². The number of benzene rings is 2. The third kappa shape index (κ3) is 2.03. The monoisotopic (exact) mass is 300 g/mol. The highest BCUT2D eigenvalue weighted by atomic mass is 16.4. The largest absolute Gasteiger partial charge is 0.480 e. The standard InChI is InChI=1S/C15H12N2O5/c18-7-11(15(21)22)16-17-13(19)9-5-1-3-8-4-2-6-10(12(8)9)14(17)20/h1-6,11,16,18H,7H2,(H,21,22). The third-order valence-corrected chi connectivity index (χ3v) is 3.54. The number of hydrogen-bond donors (Lipinski definition) is 3. The first-order valence-electron chi connectivity index (χ1n) is 6.55. The molecule has 0 saturated heterocycles. The fourth-order valence-electron chi connectivity index (χ4n) is 2.48. The van der Waals surface area contributed by atoms with E-state index < -0.39 is 30.4 Å². The van der Waals surface area contributed by atoms with Gasteiger partial charge < -0.3 is 10.2 Å². The number of carbonyl (C=O) groups is 3. The van der Waals surface area contributed by atoms with Crippen LogP contribution in [0.25, 0.3) is 10.8 Å². The van der Waals surface area contributed by atoms with Gasteiger partial charge in [0.2, 0.25) is 0 Å². The second-order valence-electron chi connectivity index (χ2n) is 4.86. The summed E-state index contributed by atoms with van der Waals surface area (Å²) in [7, 11) is 0. The Bertz CT molecular complexity index is 751. The van der Waals surface area contributed by atoms with E-state index in [-0.39, 0.29) is 0 Å². The highest BCUT2D eigenvalue weighted by Crippen LogP contribution is 2.29. The van der Waals surface area contributed by atoms with Gasteiger partial charge in [-0.05, 0) is 17.5 Å². The van der Waals surface area contributed by atoms with Crippen molar-refractivity contribution in [3.05, 3.63) is 47.5 Å². The highest BCUT2D eigenvalue weighted by Gasteiger charge is 2.35. The van der Waals surface area contributed by atoms with Crippen LogP contribution in [-0.2, 0) is 4.79 Å². The van der Waals surface area contributed by atoms with Gasteiger partial charge >= 0.3 is 5.97 Å². The molecule has 2 amide bonds. The first kappa shape index (κ1) is 14.2. The number of carboxylic acid groups (broad SMARTS) is 1. The summed E-state index contributed by atoms with van der Waals surface area (Å²) in [6.45, 7) is -0.752. The van der Waals surface area contributed by atoms with Gasteiger partial charge in [-0.25, -0.2) is 10.4 Å². The van der Waals surface area contributed by atoms with E-state index in [9.17, 15) is 14.4 Å². The van der Waals surface area contributed by atoms with E-state index in [1.807, 2.05) is 0 Å². The van der Waals surface area contributed by atoms with Crippen molar-refractivity contribution in [2.45, 2.75) is 6.04 Å². The zero-order valence-electron chi connectivity index (χ0n) is 11.3. The van der Waals surface area contributed by atoms with Gasteiger partial charge in [0.15, 0.2) is 0 Å². The maximum Gasteiger partial charge on any atom is 0.324 e. The molecule has 0 bridgehead atoms. The van der Waals surface area contributed by atoms with Gasteiger partial charge in [0.05, 0.1) is 17.7 Å². The molecule has 1 aliphatic rings. The Morgan fingerprint density at radius 3 is 2.09 bits per heavy atom. The van der Waals surface area contributed by atoms with Gasteiger partial charge in [0.1, 0.15) is 6.04 Å². The molecule has 1 atom stereocenters. The molecule has 0 radical (unpaired) electrons. The van der Waals surface area contributed by atoms with Crippen LogP contribution in [0.5, 0.6) is 0 Å². The van der Waals surface area contributed by atoms with E-state index in [1.165, 1.54) is 0 Å². The number of nitrogens with one attached hydrogen (secondary N) is 1. The Morgan fingerprint density at radius 2 is 1.64 bits per heavy atom. The summed E-state index contributed by atoms with van der Waals surface area (Å²) in [5.74, 6) is -2.65. The number of rotatable bonds is 4. The minimum absolute atomic E-state index is 0.308. The number of aliphatic carboxylic acids is 1. The SMILES string of the molecule is O=C(O)C(CO)NN1C(=O)c2cccc3cccc(c23)C1=O. The molecule has 1 aliphatic heterocycles. The first-order chi connectivity index (χ1) is 10.5. The van der Waals surface area contributed by atoms with Gasteiger partial charge in [-0.2, -0.15) is 0 Å². The molecule has 112 valence electrons. The Morgan fingerprint density at radius 1 is 1.09 bits per heavy atom. The highest BCUT2D eigenvalue weighted by molar-refractivity contribution is 6.25. The van der Waals surface area contributed by atoms with Crippen LogP contribution in [0.4, 0.5) is 0 Å². The minimum Gasteiger partial charge on any atom is -0.480 e. The maximum atomic E-state index is 12.5. The van der Waals surface area contributed by atoms with Crippen LogP contribution in [0.1, 0.15) is 20.7 Å². The van der Waals surface area contributed by atoms with Gasteiger partial charge in [-0.3, -0.25) is 14.4 Å². The van der Waals surface area contributed by atoms with Crippen molar-refractivity contribution in [3.63, 3.8) is 0 Å². The molecule has 0 aromatic heterocycles. The average molecular weight is 300 g/mol. The predicted octanol–water partition coefficient (Wildman–Crippen LogP) is 0.386. The molecule has 0 saturated carbocycles. The number of aliphatic hydroxyl groups excluding tert-OH is 1.